The smallest absolute Gasteiger partial charge is 0.152 e. The summed E-state index contributed by atoms with van der Waals surface area (Å²) in [6, 6.07) is 9.92. The van der Waals surface area contributed by atoms with Crippen LogP contribution in [0.15, 0.2) is 47.1 Å². The molecule has 6 N–H and O–H groups in total. The number of anilines is 1. The predicted molar refractivity (Wildman–Crippen MR) is 93.9 cm³/mol. The van der Waals surface area contributed by atoms with Crippen LogP contribution in [0.3, 0.4) is 0 Å². The average molecular weight is 327 g/mol. The van der Waals surface area contributed by atoms with E-state index in [1.54, 1.807) is 17.7 Å². The third kappa shape index (κ3) is 3.22. The number of amidine groups is 1. The van der Waals surface area contributed by atoms with Crippen LogP contribution in [0.4, 0.5) is 5.82 Å². The number of rotatable bonds is 5. The zero-order valence-electron chi connectivity index (χ0n) is 12.5. The van der Waals surface area contributed by atoms with Gasteiger partial charge in [-0.1, -0.05) is 24.3 Å². The maximum absolute atomic E-state index is 5.78. The van der Waals surface area contributed by atoms with Gasteiger partial charge in [0.05, 0.1) is 5.39 Å². The molecule has 3 rings (SSSR count). The number of nitrogens with zero attached hydrogens (tertiary/aromatic N) is 3. The van der Waals surface area contributed by atoms with Crippen molar-refractivity contribution in [2.75, 3.05) is 5.32 Å². The first-order valence-electron chi connectivity index (χ1n) is 7.03. The summed E-state index contributed by atoms with van der Waals surface area (Å²) in [6.07, 6.45) is 1.58. The van der Waals surface area contributed by atoms with Crippen molar-refractivity contribution in [1.82, 2.24) is 15.5 Å². The molecule has 118 valence electrons. The van der Waals surface area contributed by atoms with Crippen molar-refractivity contribution in [1.29, 1.82) is 0 Å². The third-order valence-corrected chi connectivity index (χ3v) is 4.33. The molecule has 23 heavy (non-hydrogen) atoms. The van der Waals surface area contributed by atoms with Gasteiger partial charge in [0.1, 0.15) is 17.0 Å². The Morgan fingerprint density at radius 3 is 2.74 bits per heavy atom. The standard InChI is InChI=1S/C15H17N7S/c1-9(10-2-4-11(5-3-10)13(16)21-22-17)20-14-12-6-7-23-15(12)19-8-18-14/h2-9,22H,17H2,1H3,(H2,16,21)(H,18,19,20)/t9-/m0/s1. The molecule has 1 atom stereocenters. The van der Waals surface area contributed by atoms with E-state index in [1.165, 1.54) is 0 Å². The van der Waals surface area contributed by atoms with Crippen molar-refractivity contribution in [3.05, 3.63) is 53.2 Å². The molecule has 3 aromatic rings. The molecule has 0 saturated heterocycles. The van der Waals surface area contributed by atoms with Gasteiger partial charge in [-0.2, -0.15) is 0 Å². The van der Waals surface area contributed by atoms with Crippen molar-refractivity contribution in [2.24, 2.45) is 16.7 Å². The first-order chi connectivity index (χ1) is 11.2. The van der Waals surface area contributed by atoms with E-state index in [0.717, 1.165) is 27.2 Å². The zero-order chi connectivity index (χ0) is 16.2. The molecular formula is C15H17N7S. The maximum Gasteiger partial charge on any atom is 0.152 e. The van der Waals surface area contributed by atoms with Crippen LogP contribution in [-0.4, -0.2) is 15.8 Å². The van der Waals surface area contributed by atoms with Gasteiger partial charge in [-0.25, -0.2) is 21.3 Å². The highest BCUT2D eigenvalue weighted by molar-refractivity contribution is 7.16. The summed E-state index contributed by atoms with van der Waals surface area (Å²) in [5, 5.41) is 10.2. The summed E-state index contributed by atoms with van der Waals surface area (Å²) in [5.41, 5.74) is 9.89. The monoisotopic (exact) mass is 327 g/mol. The minimum atomic E-state index is 0.0906. The normalized spacial score (nSPS) is 13.0. The van der Waals surface area contributed by atoms with Crippen LogP contribution in [0, 0.1) is 0 Å². The van der Waals surface area contributed by atoms with Crippen molar-refractivity contribution in [3.8, 4) is 0 Å². The first-order valence-corrected chi connectivity index (χ1v) is 7.91. The number of thiophene rings is 1. The predicted octanol–water partition coefficient (Wildman–Crippen LogP) is 1.95. The summed E-state index contributed by atoms with van der Waals surface area (Å²) in [4.78, 5) is 9.57. The van der Waals surface area contributed by atoms with Crippen LogP contribution in [0.25, 0.3) is 10.2 Å². The quantitative estimate of drug-likeness (QED) is 0.246. The van der Waals surface area contributed by atoms with Crippen LogP contribution in [0.5, 0.6) is 0 Å². The summed E-state index contributed by atoms with van der Waals surface area (Å²) in [7, 11) is 0. The second-order valence-corrected chi connectivity index (χ2v) is 5.87. The van der Waals surface area contributed by atoms with Crippen molar-refractivity contribution in [3.63, 3.8) is 0 Å². The van der Waals surface area contributed by atoms with Gasteiger partial charge in [0.25, 0.3) is 0 Å². The Kier molecular flexibility index (Phi) is 4.35. The lowest BCUT2D eigenvalue weighted by molar-refractivity contribution is 0.803. The molecule has 0 saturated carbocycles. The lowest BCUT2D eigenvalue weighted by atomic mass is 10.1. The lowest BCUT2D eigenvalue weighted by Crippen LogP contribution is -2.23. The molecule has 0 unspecified atom stereocenters. The molecule has 0 aliphatic rings. The van der Waals surface area contributed by atoms with Gasteiger partial charge in [0.15, 0.2) is 5.84 Å². The average Bonchev–Trinajstić information content (AvgIpc) is 3.05. The Hall–Kier alpha value is -2.71. The molecule has 7 nitrogen and oxygen atoms in total. The van der Waals surface area contributed by atoms with E-state index in [-0.39, 0.29) is 6.04 Å². The van der Waals surface area contributed by atoms with E-state index in [2.05, 4.69) is 32.8 Å². The van der Waals surface area contributed by atoms with Gasteiger partial charge in [-0.3, -0.25) is 0 Å². The van der Waals surface area contributed by atoms with Crippen LogP contribution in [0.1, 0.15) is 24.1 Å². The van der Waals surface area contributed by atoms with Crippen LogP contribution >= 0.6 is 11.3 Å². The molecule has 0 spiro atoms. The fraction of sp³-hybridized carbons (Fsp3) is 0.133. The summed E-state index contributed by atoms with van der Waals surface area (Å²) < 4.78 is 0. The number of hydrogen-bond acceptors (Lipinski definition) is 7. The fourth-order valence-electron chi connectivity index (χ4n) is 2.27. The van der Waals surface area contributed by atoms with Gasteiger partial charge >= 0.3 is 0 Å². The van der Waals surface area contributed by atoms with E-state index in [9.17, 15) is 0 Å². The minimum Gasteiger partial charge on any atom is -0.382 e. The van der Waals surface area contributed by atoms with Crippen LogP contribution in [0.2, 0.25) is 0 Å². The highest BCUT2D eigenvalue weighted by Gasteiger charge is 2.10. The third-order valence-electron chi connectivity index (χ3n) is 3.51. The number of hydrazone groups is 1. The highest BCUT2D eigenvalue weighted by Crippen LogP contribution is 2.27. The zero-order valence-corrected chi connectivity index (χ0v) is 13.3. The van der Waals surface area contributed by atoms with Crippen molar-refractivity contribution in [2.45, 2.75) is 13.0 Å². The summed E-state index contributed by atoms with van der Waals surface area (Å²) in [6.45, 7) is 2.08. The number of aromatic nitrogens is 2. The van der Waals surface area contributed by atoms with Crippen molar-refractivity contribution >= 4 is 33.2 Å². The second-order valence-electron chi connectivity index (χ2n) is 4.98. The van der Waals surface area contributed by atoms with Gasteiger partial charge in [0, 0.05) is 11.6 Å². The molecule has 1 aromatic carbocycles. The molecule has 0 aliphatic heterocycles. The van der Waals surface area contributed by atoms with Gasteiger partial charge < -0.3 is 11.1 Å². The molecule has 2 heterocycles. The molecule has 0 fully saturated rings. The second kappa shape index (κ2) is 6.59. The Labute approximate surface area is 137 Å². The Morgan fingerprint density at radius 2 is 2.00 bits per heavy atom. The van der Waals surface area contributed by atoms with E-state index in [4.69, 9.17) is 11.6 Å². The molecule has 0 radical (unpaired) electrons. The molecule has 8 heteroatoms. The number of hydrazine groups is 1. The Bertz CT molecular complexity index is 825. The number of fused-ring (bicyclic) bond motifs is 1. The Morgan fingerprint density at radius 1 is 1.22 bits per heavy atom. The summed E-state index contributed by atoms with van der Waals surface area (Å²) >= 11 is 1.60. The van der Waals surface area contributed by atoms with Gasteiger partial charge in [-0.05, 0) is 23.9 Å². The number of nitrogens with two attached hydrogens (primary N) is 2. The SMILES string of the molecule is C[C@H](Nc1ncnc2sccc12)c1ccc(/C(N)=N/NN)cc1. The van der Waals surface area contributed by atoms with Gasteiger partial charge in [-0.15, -0.1) is 16.4 Å². The highest BCUT2D eigenvalue weighted by atomic mass is 32.1. The molecule has 0 bridgehead atoms. The molecule has 2 aromatic heterocycles. The largest absolute Gasteiger partial charge is 0.382 e. The van der Waals surface area contributed by atoms with Crippen LogP contribution < -0.4 is 22.4 Å². The number of hydrogen-bond donors (Lipinski definition) is 4. The van der Waals surface area contributed by atoms with Crippen LogP contribution in [-0.2, 0) is 0 Å². The van der Waals surface area contributed by atoms with Gasteiger partial charge in [0.2, 0.25) is 0 Å². The minimum absolute atomic E-state index is 0.0906. The van der Waals surface area contributed by atoms with E-state index in [0.29, 0.717) is 5.84 Å². The number of benzene rings is 1. The Balaban J connectivity index is 1.79. The lowest BCUT2D eigenvalue weighted by Gasteiger charge is -2.16. The van der Waals surface area contributed by atoms with E-state index in [1.807, 2.05) is 35.7 Å². The molecule has 0 amide bonds. The molecule has 0 aliphatic carbocycles. The maximum atomic E-state index is 5.78. The van der Waals surface area contributed by atoms with E-state index < -0.39 is 0 Å². The molecular weight excluding hydrogens is 310 g/mol. The van der Waals surface area contributed by atoms with E-state index >= 15 is 0 Å². The first kappa shape index (κ1) is 15.2. The summed E-state index contributed by atoms with van der Waals surface area (Å²) in [5.74, 6) is 6.31. The fourth-order valence-corrected chi connectivity index (χ4v) is 3.00. The topological polar surface area (TPSA) is 114 Å². The number of nitrogens with one attached hydrogen (secondary N) is 2. The van der Waals surface area contributed by atoms with Crippen molar-refractivity contribution < 1.29 is 0 Å².